The van der Waals surface area contributed by atoms with Gasteiger partial charge in [-0.05, 0) is 52.8 Å². The second-order valence-electron chi connectivity index (χ2n) is 5.63. The van der Waals surface area contributed by atoms with Crippen molar-refractivity contribution in [3.63, 3.8) is 0 Å². The Morgan fingerprint density at radius 2 is 1.81 bits per heavy atom. The van der Waals surface area contributed by atoms with Gasteiger partial charge in [0.15, 0.2) is 0 Å². The topological polar surface area (TPSA) is 47.6 Å². The van der Waals surface area contributed by atoms with Crippen molar-refractivity contribution < 1.29 is 14.3 Å². The highest BCUT2D eigenvalue weighted by Crippen LogP contribution is 2.25. The molecule has 4 nitrogen and oxygen atoms in total. The molecule has 0 saturated heterocycles. The molecule has 0 aromatic heterocycles. The minimum atomic E-state index is -0.720. The number of benzene rings is 1. The van der Waals surface area contributed by atoms with Gasteiger partial charge in [-0.1, -0.05) is 17.7 Å². The van der Waals surface area contributed by atoms with Crippen molar-refractivity contribution in [1.29, 1.82) is 0 Å². The number of likely N-dealkylation sites (N-methyl/N-ethyl adjacent to an activating group) is 1. The van der Waals surface area contributed by atoms with E-state index in [0.717, 1.165) is 16.9 Å². The number of hydrogen-bond donors (Lipinski definition) is 1. The smallest absolute Gasteiger partial charge is 0.326 e. The summed E-state index contributed by atoms with van der Waals surface area (Å²) in [6.07, 6.45) is 0.551. The molecule has 0 aliphatic heterocycles. The summed E-state index contributed by atoms with van der Waals surface area (Å²) in [4.78, 5) is 12.0. The minimum absolute atomic E-state index is 0.242. The summed E-state index contributed by atoms with van der Waals surface area (Å²) in [6.45, 7) is 10.6. The molecule has 0 heterocycles. The molecule has 0 saturated carbocycles. The van der Waals surface area contributed by atoms with E-state index < -0.39 is 5.54 Å². The summed E-state index contributed by atoms with van der Waals surface area (Å²) >= 11 is 0. The zero-order chi connectivity index (χ0) is 16.0. The Balaban J connectivity index is 2.70. The number of carbonyl (C=O) groups is 1. The molecule has 0 fully saturated rings. The molecular formula is C17H27NO3. The van der Waals surface area contributed by atoms with Gasteiger partial charge in [0, 0.05) is 6.42 Å². The zero-order valence-corrected chi connectivity index (χ0v) is 14.0. The first-order valence-corrected chi connectivity index (χ1v) is 7.41. The summed E-state index contributed by atoms with van der Waals surface area (Å²) < 4.78 is 11.0. The Labute approximate surface area is 127 Å². The first-order valence-electron chi connectivity index (χ1n) is 7.41. The van der Waals surface area contributed by atoms with Gasteiger partial charge in [0.25, 0.3) is 0 Å². The van der Waals surface area contributed by atoms with Gasteiger partial charge in [-0.3, -0.25) is 4.79 Å². The van der Waals surface area contributed by atoms with E-state index in [9.17, 15) is 4.79 Å². The average molecular weight is 293 g/mol. The molecule has 0 aliphatic rings. The maximum absolute atomic E-state index is 12.0. The minimum Gasteiger partial charge on any atom is -0.493 e. The third kappa shape index (κ3) is 4.46. The first-order chi connectivity index (χ1) is 9.84. The number of rotatable bonds is 7. The van der Waals surface area contributed by atoms with Crippen molar-refractivity contribution in [2.45, 2.75) is 46.6 Å². The molecular weight excluding hydrogens is 266 g/mol. The number of ether oxygens (including phenoxy) is 2. The lowest BCUT2D eigenvalue weighted by Gasteiger charge is -2.27. The van der Waals surface area contributed by atoms with Crippen LogP contribution in [0.5, 0.6) is 5.75 Å². The molecule has 21 heavy (non-hydrogen) atoms. The molecule has 4 heteroatoms. The van der Waals surface area contributed by atoms with Crippen LogP contribution in [0, 0.1) is 20.8 Å². The van der Waals surface area contributed by atoms with Crippen molar-refractivity contribution >= 4 is 5.97 Å². The van der Waals surface area contributed by atoms with Gasteiger partial charge in [-0.25, -0.2) is 0 Å². The maximum atomic E-state index is 12.0. The second-order valence-corrected chi connectivity index (χ2v) is 5.63. The van der Waals surface area contributed by atoms with Crippen molar-refractivity contribution in [2.24, 2.45) is 0 Å². The number of esters is 1. The van der Waals surface area contributed by atoms with Gasteiger partial charge < -0.3 is 14.8 Å². The monoisotopic (exact) mass is 293 g/mol. The third-order valence-corrected chi connectivity index (χ3v) is 3.73. The Morgan fingerprint density at radius 1 is 1.24 bits per heavy atom. The highest BCUT2D eigenvalue weighted by atomic mass is 16.5. The fraction of sp³-hybridized carbons (Fsp3) is 0.588. The standard InChI is InChI=1S/C17H27NO3/c1-7-20-16(19)17(5,18-6)8-9-21-15-13(3)10-12(2)11-14(15)4/h10-11,18H,7-9H2,1-6H3. The summed E-state index contributed by atoms with van der Waals surface area (Å²) in [7, 11) is 1.76. The lowest BCUT2D eigenvalue weighted by atomic mass is 9.99. The molecule has 1 unspecified atom stereocenters. The summed E-state index contributed by atoms with van der Waals surface area (Å²) in [5, 5.41) is 3.03. The predicted molar refractivity (Wildman–Crippen MR) is 84.9 cm³/mol. The van der Waals surface area contributed by atoms with Crippen LogP contribution in [0.25, 0.3) is 0 Å². The largest absolute Gasteiger partial charge is 0.493 e. The van der Waals surface area contributed by atoms with E-state index in [1.807, 2.05) is 27.7 Å². The number of hydrogen-bond acceptors (Lipinski definition) is 4. The molecule has 1 atom stereocenters. The second kappa shape index (κ2) is 7.46. The third-order valence-electron chi connectivity index (χ3n) is 3.73. The first kappa shape index (κ1) is 17.5. The van der Waals surface area contributed by atoms with Crippen LogP contribution in [0.2, 0.25) is 0 Å². The van der Waals surface area contributed by atoms with E-state index in [-0.39, 0.29) is 5.97 Å². The quantitative estimate of drug-likeness (QED) is 0.785. The zero-order valence-electron chi connectivity index (χ0n) is 14.0. The molecule has 118 valence electrons. The van der Waals surface area contributed by atoms with Crippen LogP contribution < -0.4 is 10.1 Å². The molecule has 1 aromatic carbocycles. The van der Waals surface area contributed by atoms with Gasteiger partial charge in [0.05, 0.1) is 13.2 Å². The lowest BCUT2D eigenvalue weighted by molar-refractivity contribution is -0.150. The summed E-state index contributed by atoms with van der Waals surface area (Å²) in [6, 6.07) is 4.20. The van der Waals surface area contributed by atoms with Gasteiger partial charge in [0.1, 0.15) is 11.3 Å². The maximum Gasteiger partial charge on any atom is 0.326 e. The Hall–Kier alpha value is -1.55. The fourth-order valence-electron chi connectivity index (χ4n) is 2.37. The van der Waals surface area contributed by atoms with Crippen LogP contribution in [0.4, 0.5) is 0 Å². The Bertz CT molecular complexity index is 476. The molecule has 0 radical (unpaired) electrons. The molecule has 1 aromatic rings. The molecule has 0 bridgehead atoms. The van der Waals surface area contributed by atoms with Crippen LogP contribution >= 0.6 is 0 Å². The van der Waals surface area contributed by atoms with Gasteiger partial charge in [-0.15, -0.1) is 0 Å². The lowest BCUT2D eigenvalue weighted by Crippen LogP contribution is -2.49. The van der Waals surface area contributed by atoms with Crippen molar-refractivity contribution in [1.82, 2.24) is 5.32 Å². The van der Waals surface area contributed by atoms with E-state index in [1.165, 1.54) is 5.56 Å². The number of aryl methyl sites for hydroxylation is 3. The average Bonchev–Trinajstić information content (AvgIpc) is 2.41. The normalized spacial score (nSPS) is 13.6. The molecule has 1 rings (SSSR count). The number of carbonyl (C=O) groups excluding carboxylic acids is 1. The Morgan fingerprint density at radius 3 is 2.29 bits per heavy atom. The highest BCUT2D eigenvalue weighted by molar-refractivity contribution is 5.80. The van der Waals surface area contributed by atoms with E-state index in [0.29, 0.717) is 19.6 Å². The highest BCUT2D eigenvalue weighted by Gasteiger charge is 2.32. The SMILES string of the molecule is CCOC(=O)C(C)(CCOc1c(C)cc(C)cc1C)NC. The molecule has 0 aliphatic carbocycles. The Kier molecular flexibility index (Phi) is 6.21. The van der Waals surface area contributed by atoms with Crippen LogP contribution in [0.3, 0.4) is 0 Å². The predicted octanol–water partition coefficient (Wildman–Crippen LogP) is 2.92. The fourth-order valence-corrected chi connectivity index (χ4v) is 2.37. The van der Waals surface area contributed by atoms with E-state index >= 15 is 0 Å². The van der Waals surface area contributed by atoms with Crippen LogP contribution in [-0.4, -0.2) is 31.8 Å². The van der Waals surface area contributed by atoms with E-state index in [1.54, 1.807) is 7.05 Å². The van der Waals surface area contributed by atoms with Crippen LogP contribution in [0.1, 0.15) is 37.0 Å². The molecule has 1 N–H and O–H groups in total. The van der Waals surface area contributed by atoms with Crippen LogP contribution in [-0.2, 0) is 9.53 Å². The van der Waals surface area contributed by atoms with E-state index in [2.05, 4.69) is 24.4 Å². The molecule has 0 spiro atoms. The van der Waals surface area contributed by atoms with Crippen molar-refractivity contribution in [3.05, 3.63) is 28.8 Å². The van der Waals surface area contributed by atoms with Gasteiger partial charge in [0.2, 0.25) is 0 Å². The van der Waals surface area contributed by atoms with Gasteiger partial charge in [-0.2, -0.15) is 0 Å². The number of nitrogens with one attached hydrogen (secondary N) is 1. The van der Waals surface area contributed by atoms with E-state index in [4.69, 9.17) is 9.47 Å². The molecule has 0 amide bonds. The van der Waals surface area contributed by atoms with Crippen molar-refractivity contribution in [2.75, 3.05) is 20.3 Å². The van der Waals surface area contributed by atoms with Crippen molar-refractivity contribution in [3.8, 4) is 5.75 Å². The summed E-state index contributed by atoms with van der Waals surface area (Å²) in [5.41, 5.74) is 2.75. The van der Waals surface area contributed by atoms with Gasteiger partial charge >= 0.3 is 5.97 Å². The summed E-state index contributed by atoms with van der Waals surface area (Å²) in [5.74, 6) is 0.663. The van der Waals surface area contributed by atoms with Crippen LogP contribution in [0.15, 0.2) is 12.1 Å².